The number of carbonyl (C=O) groups excluding carboxylic acids is 2. The molecule has 0 spiro atoms. The number of phenolic OH excluding ortho intramolecular Hbond substituents is 1. The maximum atomic E-state index is 12.5. The van der Waals surface area contributed by atoms with E-state index in [2.05, 4.69) is 5.43 Å². The highest BCUT2D eigenvalue weighted by molar-refractivity contribution is 8.26. The van der Waals surface area contributed by atoms with Crippen LogP contribution in [0.5, 0.6) is 5.75 Å². The lowest BCUT2D eigenvalue weighted by Gasteiger charge is -2.15. The van der Waals surface area contributed by atoms with Gasteiger partial charge in [0.1, 0.15) is 5.75 Å². The number of thiocarbonyl (C=S) groups is 1. The van der Waals surface area contributed by atoms with E-state index in [1.807, 2.05) is 0 Å². The lowest BCUT2D eigenvalue weighted by atomic mass is 10.2. The summed E-state index contributed by atoms with van der Waals surface area (Å²) in [5.41, 5.74) is 3.00. The van der Waals surface area contributed by atoms with Crippen molar-refractivity contribution in [2.75, 3.05) is 0 Å². The van der Waals surface area contributed by atoms with E-state index in [-0.39, 0.29) is 26.2 Å². The molecule has 0 aliphatic carbocycles. The van der Waals surface area contributed by atoms with Crippen LogP contribution in [0.3, 0.4) is 0 Å². The van der Waals surface area contributed by atoms with Crippen LogP contribution in [-0.2, 0) is 4.79 Å². The Balaban J connectivity index is 1.75. The molecule has 3 rings (SSSR count). The molecule has 10 heteroatoms. The SMILES string of the molecule is O=C(NN1C(=O)/C(=C\c2cccc(O)c2)SC1=S)c1ccc([N+](=O)[O-])cc1. The van der Waals surface area contributed by atoms with Crippen molar-refractivity contribution < 1.29 is 19.6 Å². The van der Waals surface area contributed by atoms with Crippen LogP contribution in [0.4, 0.5) is 5.69 Å². The molecule has 0 saturated carbocycles. The Kier molecular flexibility index (Phi) is 5.19. The number of hydrogen-bond acceptors (Lipinski definition) is 7. The summed E-state index contributed by atoms with van der Waals surface area (Å²) < 4.78 is 0.140. The Morgan fingerprint density at radius 1 is 1.26 bits per heavy atom. The van der Waals surface area contributed by atoms with E-state index in [4.69, 9.17) is 12.2 Å². The zero-order valence-electron chi connectivity index (χ0n) is 13.5. The highest BCUT2D eigenvalue weighted by Crippen LogP contribution is 2.32. The van der Waals surface area contributed by atoms with Crippen LogP contribution in [0.2, 0.25) is 0 Å². The van der Waals surface area contributed by atoms with Crippen LogP contribution in [0.1, 0.15) is 15.9 Å². The molecule has 1 saturated heterocycles. The molecule has 27 heavy (non-hydrogen) atoms. The van der Waals surface area contributed by atoms with Gasteiger partial charge in [0, 0.05) is 17.7 Å². The molecule has 2 amide bonds. The summed E-state index contributed by atoms with van der Waals surface area (Å²) in [7, 11) is 0. The lowest BCUT2D eigenvalue weighted by Crippen LogP contribution is -2.44. The average Bonchev–Trinajstić information content (AvgIpc) is 2.89. The summed E-state index contributed by atoms with van der Waals surface area (Å²) in [5, 5.41) is 21.1. The van der Waals surface area contributed by atoms with Crippen LogP contribution >= 0.6 is 24.0 Å². The number of nitro groups is 1. The van der Waals surface area contributed by atoms with Gasteiger partial charge < -0.3 is 5.11 Å². The minimum Gasteiger partial charge on any atom is -0.508 e. The number of aromatic hydroxyl groups is 1. The summed E-state index contributed by atoms with van der Waals surface area (Å²) in [4.78, 5) is 35.2. The van der Waals surface area contributed by atoms with E-state index in [0.717, 1.165) is 16.8 Å². The topological polar surface area (TPSA) is 113 Å². The number of nitrogens with zero attached hydrogens (tertiary/aromatic N) is 2. The van der Waals surface area contributed by atoms with E-state index in [9.17, 15) is 24.8 Å². The van der Waals surface area contributed by atoms with Crippen molar-refractivity contribution in [3.05, 3.63) is 74.7 Å². The highest BCUT2D eigenvalue weighted by Gasteiger charge is 2.33. The second-order valence-corrected chi connectivity index (χ2v) is 7.03. The Labute approximate surface area is 162 Å². The first-order valence-corrected chi connectivity index (χ1v) is 8.70. The lowest BCUT2D eigenvalue weighted by molar-refractivity contribution is -0.384. The van der Waals surface area contributed by atoms with Gasteiger partial charge in [0.05, 0.1) is 9.83 Å². The fourth-order valence-corrected chi connectivity index (χ4v) is 3.41. The summed E-state index contributed by atoms with van der Waals surface area (Å²) in [5.74, 6) is -1.07. The summed E-state index contributed by atoms with van der Waals surface area (Å²) in [6.07, 6.45) is 1.55. The molecular weight excluding hydrogens is 390 g/mol. The van der Waals surface area contributed by atoms with Crippen LogP contribution in [0.15, 0.2) is 53.4 Å². The average molecular weight is 401 g/mol. The minimum absolute atomic E-state index is 0.0608. The monoisotopic (exact) mass is 401 g/mol. The standard InChI is InChI=1S/C17H11N3O5S2/c21-13-3-1-2-10(8-13)9-14-16(23)19(17(26)27-14)18-15(22)11-4-6-12(7-5-11)20(24)25/h1-9,21H,(H,18,22)/b14-9+. The van der Waals surface area contributed by atoms with Gasteiger partial charge in [-0.1, -0.05) is 23.9 Å². The third kappa shape index (κ3) is 4.13. The third-order valence-electron chi connectivity index (χ3n) is 3.52. The molecule has 2 aromatic rings. The fourth-order valence-electron chi connectivity index (χ4n) is 2.23. The Morgan fingerprint density at radius 3 is 2.59 bits per heavy atom. The molecule has 0 aromatic heterocycles. The van der Waals surface area contributed by atoms with Crippen molar-refractivity contribution in [1.82, 2.24) is 10.4 Å². The quantitative estimate of drug-likeness (QED) is 0.350. The van der Waals surface area contributed by atoms with Crippen molar-refractivity contribution >= 4 is 51.9 Å². The molecule has 0 unspecified atom stereocenters. The molecular formula is C17H11N3O5S2. The normalized spacial score (nSPS) is 15.3. The first kappa shape index (κ1) is 18.5. The van der Waals surface area contributed by atoms with Gasteiger partial charge in [-0.2, -0.15) is 5.01 Å². The molecule has 2 aromatic carbocycles. The molecule has 0 radical (unpaired) electrons. The summed E-state index contributed by atoms with van der Waals surface area (Å²) in [6.45, 7) is 0. The maximum absolute atomic E-state index is 12.5. The molecule has 1 aliphatic heterocycles. The van der Waals surface area contributed by atoms with Crippen molar-refractivity contribution in [1.29, 1.82) is 0 Å². The number of nitro benzene ring substituents is 1. The predicted molar refractivity (Wildman–Crippen MR) is 104 cm³/mol. The predicted octanol–water partition coefficient (Wildman–Crippen LogP) is 2.85. The van der Waals surface area contributed by atoms with Gasteiger partial charge in [0.2, 0.25) is 0 Å². The summed E-state index contributed by atoms with van der Waals surface area (Å²) >= 11 is 6.14. The van der Waals surface area contributed by atoms with Gasteiger partial charge in [-0.25, -0.2) is 0 Å². The second-order valence-electron chi connectivity index (χ2n) is 5.36. The van der Waals surface area contributed by atoms with Gasteiger partial charge in [0.25, 0.3) is 17.5 Å². The van der Waals surface area contributed by atoms with E-state index in [1.54, 1.807) is 18.2 Å². The van der Waals surface area contributed by atoms with Gasteiger partial charge in [-0.15, -0.1) is 0 Å². The van der Waals surface area contributed by atoms with Crippen LogP contribution in [0, 0.1) is 10.1 Å². The van der Waals surface area contributed by atoms with Crippen molar-refractivity contribution in [2.45, 2.75) is 0 Å². The highest BCUT2D eigenvalue weighted by atomic mass is 32.2. The van der Waals surface area contributed by atoms with E-state index in [1.165, 1.54) is 36.4 Å². The van der Waals surface area contributed by atoms with Gasteiger partial charge in [-0.05, 0) is 48.1 Å². The van der Waals surface area contributed by atoms with Crippen LogP contribution < -0.4 is 5.43 Å². The fraction of sp³-hybridized carbons (Fsp3) is 0. The number of phenols is 1. The molecule has 0 atom stereocenters. The number of carbonyl (C=O) groups is 2. The van der Waals surface area contributed by atoms with Crippen molar-refractivity contribution in [2.24, 2.45) is 0 Å². The van der Waals surface area contributed by atoms with Crippen molar-refractivity contribution in [3.63, 3.8) is 0 Å². The number of non-ortho nitro benzene ring substituents is 1. The largest absolute Gasteiger partial charge is 0.508 e. The molecule has 8 nitrogen and oxygen atoms in total. The van der Waals surface area contributed by atoms with Crippen LogP contribution in [0.25, 0.3) is 6.08 Å². The smallest absolute Gasteiger partial charge is 0.285 e. The van der Waals surface area contributed by atoms with E-state index >= 15 is 0 Å². The Bertz CT molecular complexity index is 988. The first-order valence-electron chi connectivity index (χ1n) is 7.47. The number of amides is 2. The van der Waals surface area contributed by atoms with E-state index in [0.29, 0.717) is 5.56 Å². The molecule has 1 fully saturated rings. The number of hydrazine groups is 1. The van der Waals surface area contributed by atoms with Crippen molar-refractivity contribution in [3.8, 4) is 5.75 Å². The Hall–Kier alpha value is -3.24. The Morgan fingerprint density at radius 2 is 1.96 bits per heavy atom. The molecule has 1 heterocycles. The molecule has 2 N–H and O–H groups in total. The molecule has 0 bridgehead atoms. The van der Waals surface area contributed by atoms with Gasteiger partial charge in [0.15, 0.2) is 4.32 Å². The zero-order valence-corrected chi connectivity index (χ0v) is 15.1. The van der Waals surface area contributed by atoms with Gasteiger partial charge in [-0.3, -0.25) is 25.1 Å². The summed E-state index contributed by atoms with van der Waals surface area (Å²) in [6, 6.07) is 11.3. The number of thioether (sulfide) groups is 1. The zero-order chi connectivity index (χ0) is 19.6. The molecule has 1 aliphatic rings. The first-order chi connectivity index (χ1) is 12.8. The number of rotatable bonds is 4. The minimum atomic E-state index is -0.625. The molecule has 136 valence electrons. The van der Waals surface area contributed by atoms with Crippen LogP contribution in [-0.4, -0.2) is 31.2 Å². The van der Waals surface area contributed by atoms with Gasteiger partial charge >= 0.3 is 0 Å². The number of hydrogen-bond donors (Lipinski definition) is 2. The number of benzene rings is 2. The second kappa shape index (κ2) is 7.56. The van der Waals surface area contributed by atoms with E-state index < -0.39 is 16.7 Å². The third-order valence-corrected chi connectivity index (χ3v) is 4.82. The maximum Gasteiger partial charge on any atom is 0.285 e. The number of nitrogens with one attached hydrogen (secondary N) is 1.